The van der Waals surface area contributed by atoms with Crippen molar-refractivity contribution >= 4 is 11.6 Å². The highest BCUT2D eigenvalue weighted by atomic mass is 19.1. The zero-order chi connectivity index (χ0) is 19.5. The van der Waals surface area contributed by atoms with Gasteiger partial charge < -0.3 is 5.32 Å². The maximum Gasteiger partial charge on any atom is 0.276 e. The van der Waals surface area contributed by atoms with Crippen molar-refractivity contribution in [1.82, 2.24) is 30.0 Å². The fourth-order valence-corrected chi connectivity index (χ4v) is 2.65. The summed E-state index contributed by atoms with van der Waals surface area (Å²) in [5.74, 6) is -0.225. The first-order valence-corrected chi connectivity index (χ1v) is 8.53. The van der Waals surface area contributed by atoms with E-state index in [0.29, 0.717) is 17.1 Å². The molecule has 0 saturated carbocycles. The number of nitrogens with zero attached hydrogens (tertiary/aromatic N) is 6. The molecular weight excluding hydrogens is 361 g/mol. The summed E-state index contributed by atoms with van der Waals surface area (Å²) in [7, 11) is 0. The van der Waals surface area contributed by atoms with Crippen LogP contribution in [-0.4, -0.2) is 35.9 Å². The molecule has 4 rings (SSSR count). The van der Waals surface area contributed by atoms with Crippen LogP contribution in [0, 0.1) is 12.7 Å². The van der Waals surface area contributed by atoms with Crippen molar-refractivity contribution in [3.05, 3.63) is 77.9 Å². The number of halogens is 1. The lowest BCUT2D eigenvalue weighted by molar-refractivity contribution is 0.102. The number of anilines is 1. The topological polar surface area (TPSA) is 90.5 Å². The standard InChI is InChI=1S/C19H16FN7O/c1-13-11-15(20)7-8-16(13)21-19(28)17-9-10-26(23-17)12-27-24-18(22-25-27)14-5-3-2-4-6-14/h2-11H,12H2,1H3,(H,21,28). The summed E-state index contributed by atoms with van der Waals surface area (Å²) in [6.45, 7) is 1.93. The molecule has 0 unspecified atom stereocenters. The van der Waals surface area contributed by atoms with Crippen LogP contribution in [0.15, 0.2) is 60.8 Å². The second kappa shape index (κ2) is 7.39. The van der Waals surface area contributed by atoms with Crippen molar-refractivity contribution in [1.29, 1.82) is 0 Å². The summed E-state index contributed by atoms with van der Waals surface area (Å²) in [5.41, 5.74) is 2.26. The number of rotatable bonds is 5. The normalized spacial score (nSPS) is 10.8. The molecule has 9 heteroatoms. The monoisotopic (exact) mass is 377 g/mol. The molecule has 0 aliphatic carbocycles. The Morgan fingerprint density at radius 1 is 1.11 bits per heavy atom. The van der Waals surface area contributed by atoms with E-state index in [0.717, 1.165) is 5.56 Å². The fraction of sp³-hybridized carbons (Fsp3) is 0.105. The van der Waals surface area contributed by atoms with E-state index in [1.807, 2.05) is 30.3 Å². The Hall–Kier alpha value is -3.88. The Morgan fingerprint density at radius 2 is 1.93 bits per heavy atom. The predicted octanol–water partition coefficient (Wildman–Crippen LogP) is 2.74. The third kappa shape index (κ3) is 3.78. The fourth-order valence-electron chi connectivity index (χ4n) is 2.65. The number of hydrogen-bond donors (Lipinski definition) is 1. The van der Waals surface area contributed by atoms with Gasteiger partial charge in [0.2, 0.25) is 5.82 Å². The van der Waals surface area contributed by atoms with E-state index in [1.54, 1.807) is 19.2 Å². The van der Waals surface area contributed by atoms with Gasteiger partial charge in [0.1, 0.15) is 5.82 Å². The predicted molar refractivity (Wildman–Crippen MR) is 100.0 cm³/mol. The van der Waals surface area contributed by atoms with Gasteiger partial charge in [-0.05, 0) is 42.0 Å². The lowest BCUT2D eigenvalue weighted by atomic mass is 10.2. The minimum atomic E-state index is -0.384. The molecule has 140 valence electrons. The molecule has 0 saturated heterocycles. The molecule has 1 amide bonds. The highest BCUT2D eigenvalue weighted by Crippen LogP contribution is 2.16. The van der Waals surface area contributed by atoms with E-state index in [2.05, 4.69) is 25.8 Å². The van der Waals surface area contributed by atoms with Crippen molar-refractivity contribution in [2.45, 2.75) is 13.6 Å². The van der Waals surface area contributed by atoms with Gasteiger partial charge in [-0.25, -0.2) is 9.07 Å². The van der Waals surface area contributed by atoms with Gasteiger partial charge in [-0.15, -0.1) is 15.0 Å². The summed E-state index contributed by atoms with van der Waals surface area (Å²) in [6, 6.07) is 15.3. The van der Waals surface area contributed by atoms with Gasteiger partial charge in [-0.2, -0.15) is 5.10 Å². The second-order valence-corrected chi connectivity index (χ2v) is 6.15. The maximum atomic E-state index is 13.2. The lowest BCUT2D eigenvalue weighted by Gasteiger charge is -2.06. The number of carbonyl (C=O) groups is 1. The summed E-state index contributed by atoms with van der Waals surface area (Å²) >= 11 is 0. The number of nitrogens with one attached hydrogen (secondary N) is 1. The van der Waals surface area contributed by atoms with Crippen LogP contribution in [0.5, 0.6) is 0 Å². The first kappa shape index (κ1) is 17.5. The molecule has 2 heterocycles. The minimum absolute atomic E-state index is 0.211. The van der Waals surface area contributed by atoms with E-state index < -0.39 is 0 Å². The quantitative estimate of drug-likeness (QED) is 0.578. The number of aryl methyl sites for hydroxylation is 1. The summed E-state index contributed by atoms with van der Waals surface area (Å²) < 4.78 is 14.7. The number of carbonyl (C=O) groups excluding carboxylic acids is 1. The number of amides is 1. The van der Waals surface area contributed by atoms with Crippen molar-refractivity contribution in [3.63, 3.8) is 0 Å². The third-order valence-corrected chi connectivity index (χ3v) is 4.07. The molecule has 0 spiro atoms. The molecule has 28 heavy (non-hydrogen) atoms. The Kier molecular flexibility index (Phi) is 4.63. The molecule has 2 aromatic carbocycles. The number of benzene rings is 2. The Morgan fingerprint density at radius 3 is 2.71 bits per heavy atom. The van der Waals surface area contributed by atoms with Crippen molar-refractivity contribution in [2.75, 3.05) is 5.32 Å². The van der Waals surface area contributed by atoms with Gasteiger partial charge in [-0.3, -0.25) is 4.79 Å². The summed E-state index contributed by atoms with van der Waals surface area (Å²) in [4.78, 5) is 13.8. The second-order valence-electron chi connectivity index (χ2n) is 6.15. The minimum Gasteiger partial charge on any atom is -0.320 e. The van der Waals surface area contributed by atoms with Gasteiger partial charge in [-0.1, -0.05) is 30.3 Å². The average molecular weight is 377 g/mol. The van der Waals surface area contributed by atoms with E-state index in [9.17, 15) is 9.18 Å². The van der Waals surface area contributed by atoms with Gasteiger partial charge in [0, 0.05) is 17.4 Å². The van der Waals surface area contributed by atoms with Gasteiger partial charge in [0.05, 0.1) is 0 Å². The first-order valence-electron chi connectivity index (χ1n) is 8.53. The van der Waals surface area contributed by atoms with Crippen LogP contribution in [0.25, 0.3) is 11.4 Å². The van der Waals surface area contributed by atoms with Crippen molar-refractivity contribution < 1.29 is 9.18 Å². The smallest absolute Gasteiger partial charge is 0.276 e. The molecule has 4 aromatic rings. The molecule has 0 bridgehead atoms. The highest BCUT2D eigenvalue weighted by molar-refractivity contribution is 6.03. The van der Waals surface area contributed by atoms with Crippen molar-refractivity contribution in [3.8, 4) is 11.4 Å². The third-order valence-electron chi connectivity index (χ3n) is 4.07. The summed E-state index contributed by atoms with van der Waals surface area (Å²) in [5, 5.41) is 19.3. The number of hydrogen-bond acceptors (Lipinski definition) is 5. The molecular formula is C19H16FN7O. The molecule has 0 radical (unpaired) electrons. The van der Waals surface area contributed by atoms with Crippen molar-refractivity contribution in [2.24, 2.45) is 0 Å². The van der Waals surface area contributed by atoms with Gasteiger partial charge in [0.25, 0.3) is 5.91 Å². The SMILES string of the molecule is Cc1cc(F)ccc1NC(=O)c1ccn(Cn2nnc(-c3ccccc3)n2)n1. The highest BCUT2D eigenvalue weighted by Gasteiger charge is 2.12. The van der Waals surface area contributed by atoms with Gasteiger partial charge in [0.15, 0.2) is 12.4 Å². The molecule has 0 aliphatic heterocycles. The molecule has 8 nitrogen and oxygen atoms in total. The largest absolute Gasteiger partial charge is 0.320 e. The van der Waals surface area contributed by atoms with Gasteiger partial charge >= 0.3 is 0 Å². The number of aromatic nitrogens is 6. The maximum absolute atomic E-state index is 13.2. The molecule has 0 fully saturated rings. The first-order chi connectivity index (χ1) is 13.6. The van der Waals surface area contributed by atoms with E-state index in [4.69, 9.17) is 0 Å². The van der Waals surface area contributed by atoms with Crippen LogP contribution in [0.2, 0.25) is 0 Å². The lowest BCUT2D eigenvalue weighted by Crippen LogP contribution is -2.16. The molecule has 2 aromatic heterocycles. The van der Waals surface area contributed by atoms with Crippen LogP contribution in [-0.2, 0) is 6.67 Å². The molecule has 0 aliphatic rings. The zero-order valence-corrected chi connectivity index (χ0v) is 15.0. The molecule has 0 atom stereocenters. The van der Waals surface area contributed by atoms with Crippen LogP contribution < -0.4 is 5.32 Å². The summed E-state index contributed by atoms with van der Waals surface area (Å²) in [6.07, 6.45) is 1.65. The van der Waals surface area contributed by atoms with Crippen LogP contribution in [0.3, 0.4) is 0 Å². The van der Waals surface area contributed by atoms with E-state index in [1.165, 1.54) is 27.7 Å². The Balaban J connectivity index is 1.44. The van der Waals surface area contributed by atoms with Crippen LogP contribution in [0.4, 0.5) is 10.1 Å². The van der Waals surface area contributed by atoms with Crippen LogP contribution >= 0.6 is 0 Å². The number of tetrazole rings is 1. The zero-order valence-electron chi connectivity index (χ0n) is 15.0. The van der Waals surface area contributed by atoms with Crippen LogP contribution in [0.1, 0.15) is 16.1 Å². The average Bonchev–Trinajstić information content (AvgIpc) is 3.35. The Bertz CT molecular complexity index is 1120. The molecule has 1 N–H and O–H groups in total. The van der Waals surface area contributed by atoms with E-state index >= 15 is 0 Å². The van der Waals surface area contributed by atoms with E-state index in [-0.39, 0.29) is 24.1 Å². The Labute approximate surface area is 159 Å².